The van der Waals surface area contributed by atoms with E-state index in [-0.39, 0.29) is 24.0 Å². The average molecular weight is 429 g/mol. The maximum absolute atomic E-state index is 11.7. The van der Waals surface area contributed by atoms with Crippen molar-refractivity contribution in [1.82, 2.24) is 0 Å². The van der Waals surface area contributed by atoms with Crippen molar-refractivity contribution in [3.05, 3.63) is 58.7 Å². The van der Waals surface area contributed by atoms with Gasteiger partial charge >= 0.3 is 11.9 Å². The van der Waals surface area contributed by atoms with Crippen molar-refractivity contribution >= 4 is 11.9 Å². The second-order valence-corrected chi connectivity index (χ2v) is 8.95. The molecule has 4 nitrogen and oxygen atoms in total. The van der Waals surface area contributed by atoms with E-state index in [9.17, 15) is 9.59 Å². The highest BCUT2D eigenvalue weighted by Gasteiger charge is 2.26. The molecule has 0 aromatic heterocycles. The summed E-state index contributed by atoms with van der Waals surface area (Å²) in [7, 11) is 1.37. The molecule has 1 aliphatic rings. The van der Waals surface area contributed by atoms with Crippen molar-refractivity contribution in [2.75, 3.05) is 13.7 Å². The van der Waals surface area contributed by atoms with Gasteiger partial charge < -0.3 is 9.47 Å². The van der Waals surface area contributed by atoms with Crippen molar-refractivity contribution in [2.24, 2.45) is 5.41 Å². The summed E-state index contributed by atoms with van der Waals surface area (Å²) in [5.74, 6) is -0.488. The highest BCUT2D eigenvalue weighted by atomic mass is 16.5. The summed E-state index contributed by atoms with van der Waals surface area (Å²) in [5, 5.41) is 0. The zero-order valence-electron chi connectivity index (χ0n) is 20.3. The predicted octanol–water partition coefficient (Wildman–Crippen LogP) is 6.79. The van der Waals surface area contributed by atoms with E-state index in [1.54, 1.807) is 0 Å². The van der Waals surface area contributed by atoms with Gasteiger partial charge in [0.25, 0.3) is 0 Å². The van der Waals surface area contributed by atoms with Crippen LogP contribution in [0.2, 0.25) is 0 Å². The molecule has 0 radical (unpaired) electrons. The molecule has 4 heteroatoms. The van der Waals surface area contributed by atoms with Crippen LogP contribution in [0.15, 0.2) is 58.7 Å². The number of hydrogen-bond acceptors (Lipinski definition) is 4. The second-order valence-electron chi connectivity index (χ2n) is 8.95. The third-order valence-electron chi connectivity index (χ3n) is 5.66. The first-order chi connectivity index (χ1) is 14.7. The molecule has 0 atom stereocenters. The van der Waals surface area contributed by atoms with E-state index in [2.05, 4.69) is 50.7 Å². The Bertz CT molecular complexity index is 760. The Hall–Kier alpha value is -2.36. The zero-order valence-corrected chi connectivity index (χ0v) is 20.3. The van der Waals surface area contributed by atoms with E-state index in [4.69, 9.17) is 4.74 Å². The molecule has 0 N–H and O–H groups in total. The fraction of sp³-hybridized carbons (Fsp3) is 0.556. The molecule has 31 heavy (non-hydrogen) atoms. The summed E-state index contributed by atoms with van der Waals surface area (Å²) in [6.45, 7) is 11.3. The summed E-state index contributed by atoms with van der Waals surface area (Å²) in [6.07, 6.45) is 18.1. The molecular weight excluding hydrogens is 388 g/mol. The molecule has 1 rings (SSSR count). The highest BCUT2D eigenvalue weighted by molar-refractivity contribution is 5.70. The smallest absolute Gasteiger partial charge is 0.306 e. The molecule has 172 valence electrons. The van der Waals surface area contributed by atoms with Crippen molar-refractivity contribution in [3.63, 3.8) is 0 Å². The van der Waals surface area contributed by atoms with Crippen molar-refractivity contribution in [1.29, 1.82) is 0 Å². The Morgan fingerprint density at radius 3 is 2.35 bits per heavy atom. The highest BCUT2D eigenvalue weighted by Crippen LogP contribution is 2.40. The van der Waals surface area contributed by atoms with Crippen LogP contribution in [0, 0.1) is 5.41 Å². The first-order valence-corrected chi connectivity index (χ1v) is 11.3. The minimum atomic E-state index is -0.247. The Balaban J connectivity index is 2.42. The summed E-state index contributed by atoms with van der Waals surface area (Å²) in [5.41, 5.74) is 5.47. The van der Waals surface area contributed by atoms with Crippen LogP contribution in [0.4, 0.5) is 0 Å². The van der Waals surface area contributed by atoms with Gasteiger partial charge in [0.05, 0.1) is 7.11 Å². The number of methoxy groups -OCH3 is 1. The lowest BCUT2D eigenvalue weighted by molar-refractivity contribution is -0.143. The minimum absolute atomic E-state index is 0.242. The lowest BCUT2D eigenvalue weighted by Crippen LogP contribution is -2.19. The van der Waals surface area contributed by atoms with Crippen LogP contribution in [-0.4, -0.2) is 25.7 Å². The molecule has 0 amide bonds. The first-order valence-electron chi connectivity index (χ1n) is 11.3. The van der Waals surface area contributed by atoms with Gasteiger partial charge in [0.15, 0.2) is 0 Å². The van der Waals surface area contributed by atoms with Gasteiger partial charge in [-0.1, -0.05) is 60.9 Å². The Kier molecular flexibility index (Phi) is 11.9. The van der Waals surface area contributed by atoms with Crippen LogP contribution < -0.4 is 0 Å². The summed E-state index contributed by atoms with van der Waals surface area (Å²) >= 11 is 0. The number of carbonyl (C=O) groups excluding carboxylic acids is 2. The molecule has 1 aliphatic carbocycles. The molecule has 0 aromatic rings. The van der Waals surface area contributed by atoms with Gasteiger partial charge in [-0.25, -0.2) is 0 Å². The van der Waals surface area contributed by atoms with Crippen molar-refractivity contribution < 1.29 is 19.1 Å². The molecule has 0 bridgehead atoms. The summed E-state index contributed by atoms with van der Waals surface area (Å²) < 4.78 is 9.78. The van der Waals surface area contributed by atoms with E-state index in [0.29, 0.717) is 25.7 Å². The summed E-state index contributed by atoms with van der Waals surface area (Å²) in [6, 6.07) is 0. The number of ether oxygens (including phenoxy) is 2. The molecule has 0 aromatic carbocycles. The van der Waals surface area contributed by atoms with Gasteiger partial charge in [0, 0.05) is 12.8 Å². The molecule has 0 saturated carbocycles. The van der Waals surface area contributed by atoms with E-state index in [1.165, 1.54) is 43.1 Å². The normalized spacial score (nSPS) is 17.5. The quantitative estimate of drug-likeness (QED) is 0.206. The Labute approximate surface area is 188 Å². The molecule has 0 aliphatic heterocycles. The summed E-state index contributed by atoms with van der Waals surface area (Å²) in [4.78, 5) is 22.7. The molecule has 0 unspecified atom stereocenters. The topological polar surface area (TPSA) is 52.6 Å². The fourth-order valence-electron chi connectivity index (χ4n) is 3.68. The van der Waals surface area contributed by atoms with Crippen LogP contribution in [0.3, 0.4) is 0 Å². The van der Waals surface area contributed by atoms with E-state index < -0.39 is 0 Å². The third-order valence-corrected chi connectivity index (χ3v) is 5.66. The minimum Gasteiger partial charge on any atom is -0.469 e. The van der Waals surface area contributed by atoms with Crippen molar-refractivity contribution in [2.45, 2.75) is 79.6 Å². The first kappa shape index (κ1) is 26.7. The number of esters is 2. The standard InChI is InChI=1S/C27H40O4/c1-21(16-17-24-23(3)13-10-19-27(24,4)5)11-9-12-22(2)18-20-31-26(29)15-8-7-14-25(28)30-6/h9,11-12,16-18H,7-8,10,13-15,19-20H2,1-6H3/b12-9+,17-16+,21-11+,22-18+. The molecule has 0 heterocycles. The SMILES string of the molecule is COC(=O)CCCCC(=O)OC/C=C(C)/C=C/C=C(C)/C=C/C1=C(C)CCCC1(C)C. The molecular formula is C27H40O4. The van der Waals surface area contributed by atoms with E-state index in [0.717, 1.165) is 5.57 Å². The maximum atomic E-state index is 11.7. The van der Waals surface area contributed by atoms with Crippen LogP contribution >= 0.6 is 0 Å². The second kappa shape index (κ2) is 13.8. The fourth-order valence-corrected chi connectivity index (χ4v) is 3.68. The Morgan fingerprint density at radius 1 is 1.03 bits per heavy atom. The zero-order chi connectivity index (χ0) is 23.3. The van der Waals surface area contributed by atoms with Crippen LogP contribution in [0.25, 0.3) is 0 Å². The predicted molar refractivity (Wildman–Crippen MR) is 128 cm³/mol. The van der Waals surface area contributed by atoms with Gasteiger partial charge in [-0.15, -0.1) is 0 Å². The van der Waals surface area contributed by atoms with Gasteiger partial charge in [0.2, 0.25) is 0 Å². The monoisotopic (exact) mass is 428 g/mol. The van der Waals surface area contributed by atoms with Gasteiger partial charge in [-0.3, -0.25) is 9.59 Å². The van der Waals surface area contributed by atoms with Crippen molar-refractivity contribution in [3.8, 4) is 0 Å². The van der Waals surface area contributed by atoms with Gasteiger partial charge in [-0.05, 0) is 69.9 Å². The molecule has 0 fully saturated rings. The van der Waals surface area contributed by atoms with Gasteiger partial charge in [-0.2, -0.15) is 0 Å². The van der Waals surface area contributed by atoms with Crippen LogP contribution in [0.1, 0.15) is 79.6 Å². The van der Waals surface area contributed by atoms with E-state index in [1.807, 2.05) is 25.2 Å². The number of carbonyl (C=O) groups is 2. The maximum Gasteiger partial charge on any atom is 0.306 e. The van der Waals surface area contributed by atoms with Crippen LogP contribution in [0.5, 0.6) is 0 Å². The number of hydrogen-bond donors (Lipinski definition) is 0. The number of allylic oxidation sites excluding steroid dienone is 9. The number of rotatable bonds is 11. The van der Waals surface area contributed by atoms with Crippen LogP contribution in [-0.2, 0) is 19.1 Å². The largest absolute Gasteiger partial charge is 0.469 e. The van der Waals surface area contributed by atoms with E-state index >= 15 is 0 Å². The third kappa shape index (κ3) is 11.0. The Morgan fingerprint density at radius 2 is 1.71 bits per heavy atom. The van der Waals surface area contributed by atoms with Gasteiger partial charge in [0.1, 0.15) is 6.61 Å². The number of unbranched alkanes of at least 4 members (excludes halogenated alkanes) is 1. The molecule has 0 spiro atoms. The average Bonchev–Trinajstić information content (AvgIpc) is 2.70. The molecule has 0 saturated heterocycles. The lowest BCUT2D eigenvalue weighted by atomic mass is 9.72. The lowest BCUT2D eigenvalue weighted by Gasteiger charge is -2.32.